The highest BCUT2D eigenvalue weighted by molar-refractivity contribution is 5.98. The molecule has 1 atom stereocenters. The fourth-order valence-electron chi connectivity index (χ4n) is 5.29. The second-order valence-electron chi connectivity index (χ2n) is 10.0. The van der Waals surface area contributed by atoms with Crippen molar-refractivity contribution in [3.8, 4) is 40.0 Å². The van der Waals surface area contributed by atoms with Crippen LogP contribution in [0.4, 0.5) is 0 Å². The fourth-order valence-corrected chi connectivity index (χ4v) is 5.29. The summed E-state index contributed by atoms with van der Waals surface area (Å²) in [6.45, 7) is 2.15. The van der Waals surface area contributed by atoms with Gasteiger partial charge in [-0.15, -0.1) is 0 Å². The van der Waals surface area contributed by atoms with Crippen molar-refractivity contribution >= 4 is 17.0 Å². The Kier molecular flexibility index (Phi) is 7.11. The van der Waals surface area contributed by atoms with E-state index in [-0.39, 0.29) is 12.0 Å². The molecule has 9 heteroatoms. The average Bonchev–Trinajstić information content (AvgIpc) is 3.63. The molecule has 2 aliphatic heterocycles. The summed E-state index contributed by atoms with van der Waals surface area (Å²) in [6.07, 6.45) is 3.42. The van der Waals surface area contributed by atoms with E-state index in [0.29, 0.717) is 72.2 Å². The first-order valence-electron chi connectivity index (χ1n) is 13.4. The van der Waals surface area contributed by atoms with Gasteiger partial charge in [-0.25, -0.2) is 0 Å². The van der Waals surface area contributed by atoms with Crippen LogP contribution in [-0.2, 0) is 4.74 Å². The highest BCUT2D eigenvalue weighted by atomic mass is 16.5. The maximum atomic E-state index is 13.0. The van der Waals surface area contributed by atoms with E-state index >= 15 is 0 Å². The minimum absolute atomic E-state index is 0.0348. The van der Waals surface area contributed by atoms with E-state index in [0.717, 1.165) is 29.5 Å². The SMILES string of the molecule is COc1cc(-c2cc3nccc(-c4ccc(OC5CCOCC5)c(C#N)c4)c3o2)ccc1C(=O)N1CCC(O)C1. The van der Waals surface area contributed by atoms with Crippen LogP contribution in [0.2, 0.25) is 0 Å². The number of ether oxygens (including phenoxy) is 3. The number of aliphatic hydroxyl groups is 1. The summed E-state index contributed by atoms with van der Waals surface area (Å²) in [5, 5.41) is 19.7. The molecule has 0 aliphatic carbocycles. The van der Waals surface area contributed by atoms with Crippen LogP contribution in [0, 0.1) is 11.3 Å². The van der Waals surface area contributed by atoms with Crippen LogP contribution in [0.25, 0.3) is 33.6 Å². The number of nitriles is 1. The number of rotatable bonds is 6. The number of likely N-dealkylation sites (tertiary alicyclic amines) is 1. The van der Waals surface area contributed by atoms with Crippen molar-refractivity contribution < 1.29 is 28.5 Å². The van der Waals surface area contributed by atoms with E-state index in [4.69, 9.17) is 18.6 Å². The zero-order valence-electron chi connectivity index (χ0n) is 22.1. The summed E-state index contributed by atoms with van der Waals surface area (Å²) in [4.78, 5) is 19.1. The Morgan fingerprint density at radius 1 is 1.07 bits per heavy atom. The summed E-state index contributed by atoms with van der Waals surface area (Å²) >= 11 is 0. The van der Waals surface area contributed by atoms with Gasteiger partial charge in [0.1, 0.15) is 34.9 Å². The molecule has 40 heavy (non-hydrogen) atoms. The Hall–Kier alpha value is -4.39. The van der Waals surface area contributed by atoms with Gasteiger partial charge in [0, 0.05) is 49.3 Å². The maximum absolute atomic E-state index is 13.0. The second-order valence-corrected chi connectivity index (χ2v) is 10.0. The molecule has 0 bridgehead atoms. The number of furan rings is 1. The molecule has 1 amide bonds. The van der Waals surface area contributed by atoms with E-state index < -0.39 is 6.10 Å². The van der Waals surface area contributed by atoms with Gasteiger partial charge in [0.15, 0.2) is 5.58 Å². The Labute approximate surface area is 231 Å². The molecule has 0 saturated carbocycles. The molecule has 2 aromatic heterocycles. The average molecular weight is 540 g/mol. The van der Waals surface area contributed by atoms with Crippen molar-refractivity contribution in [2.45, 2.75) is 31.5 Å². The van der Waals surface area contributed by atoms with Gasteiger partial charge in [-0.2, -0.15) is 5.26 Å². The number of aromatic nitrogens is 1. The molecule has 2 fully saturated rings. The van der Waals surface area contributed by atoms with Crippen molar-refractivity contribution in [3.63, 3.8) is 0 Å². The molecule has 1 unspecified atom stereocenters. The van der Waals surface area contributed by atoms with E-state index in [2.05, 4.69) is 11.1 Å². The van der Waals surface area contributed by atoms with E-state index in [1.807, 2.05) is 36.4 Å². The molecule has 6 rings (SSSR count). The number of fused-ring (bicyclic) bond motifs is 1. The van der Waals surface area contributed by atoms with Crippen LogP contribution >= 0.6 is 0 Å². The summed E-state index contributed by atoms with van der Waals surface area (Å²) in [7, 11) is 1.52. The number of pyridine rings is 1. The number of amides is 1. The molecule has 204 valence electrons. The number of carbonyl (C=O) groups is 1. The minimum Gasteiger partial charge on any atom is -0.496 e. The number of hydrogen-bond donors (Lipinski definition) is 1. The molecule has 0 radical (unpaired) electrons. The Morgan fingerprint density at radius 2 is 1.90 bits per heavy atom. The summed E-state index contributed by atoms with van der Waals surface area (Å²) in [6, 6.07) is 16.8. The van der Waals surface area contributed by atoms with Crippen LogP contribution in [0.15, 0.2) is 59.1 Å². The quantitative estimate of drug-likeness (QED) is 0.371. The number of methoxy groups -OCH3 is 1. The van der Waals surface area contributed by atoms with E-state index in [1.165, 1.54) is 7.11 Å². The number of β-amino-alcohol motifs (C(OH)–C–C–N with tert-alkyl or cyclic N) is 1. The molecule has 4 heterocycles. The third-order valence-corrected chi connectivity index (χ3v) is 7.45. The zero-order valence-corrected chi connectivity index (χ0v) is 22.1. The van der Waals surface area contributed by atoms with E-state index in [9.17, 15) is 15.2 Å². The molecule has 1 N–H and O–H groups in total. The fraction of sp³-hybridized carbons (Fsp3) is 0.323. The lowest BCUT2D eigenvalue weighted by Gasteiger charge is -2.23. The third kappa shape index (κ3) is 4.99. The largest absolute Gasteiger partial charge is 0.496 e. The molecular formula is C31H29N3O6. The first-order valence-corrected chi connectivity index (χ1v) is 13.4. The topological polar surface area (TPSA) is 118 Å². The first-order chi connectivity index (χ1) is 19.5. The Bertz CT molecular complexity index is 1600. The van der Waals surface area contributed by atoms with Gasteiger partial charge in [-0.1, -0.05) is 12.1 Å². The summed E-state index contributed by atoms with van der Waals surface area (Å²) in [5.41, 5.74) is 4.49. The van der Waals surface area contributed by atoms with Gasteiger partial charge in [0.25, 0.3) is 5.91 Å². The molecule has 2 saturated heterocycles. The molecule has 2 aliphatic rings. The number of hydrogen-bond acceptors (Lipinski definition) is 8. The maximum Gasteiger partial charge on any atom is 0.257 e. The predicted octanol–water partition coefficient (Wildman–Crippen LogP) is 4.81. The lowest BCUT2D eigenvalue weighted by molar-refractivity contribution is 0.0254. The summed E-state index contributed by atoms with van der Waals surface area (Å²) in [5.74, 6) is 1.39. The van der Waals surface area contributed by atoms with Crippen molar-refractivity contribution in [1.29, 1.82) is 5.26 Å². The Morgan fingerprint density at radius 3 is 2.65 bits per heavy atom. The van der Waals surface area contributed by atoms with Crippen LogP contribution < -0.4 is 9.47 Å². The normalized spacial score (nSPS) is 17.6. The van der Waals surface area contributed by atoms with Crippen LogP contribution in [0.3, 0.4) is 0 Å². The van der Waals surface area contributed by atoms with Gasteiger partial charge < -0.3 is 28.6 Å². The van der Waals surface area contributed by atoms with Crippen LogP contribution in [-0.4, -0.2) is 66.5 Å². The van der Waals surface area contributed by atoms with Crippen molar-refractivity contribution in [2.75, 3.05) is 33.4 Å². The molecule has 9 nitrogen and oxygen atoms in total. The Balaban J connectivity index is 1.31. The summed E-state index contributed by atoms with van der Waals surface area (Å²) < 4.78 is 23.4. The zero-order chi connectivity index (χ0) is 27.6. The van der Waals surface area contributed by atoms with Gasteiger partial charge in [-0.05, 0) is 42.3 Å². The van der Waals surface area contributed by atoms with Crippen molar-refractivity contribution in [1.82, 2.24) is 9.88 Å². The monoisotopic (exact) mass is 539 g/mol. The number of aliphatic hydroxyl groups excluding tert-OH is 1. The van der Waals surface area contributed by atoms with Gasteiger partial charge in [-0.3, -0.25) is 9.78 Å². The highest BCUT2D eigenvalue weighted by Crippen LogP contribution is 2.37. The van der Waals surface area contributed by atoms with Gasteiger partial charge in [0.05, 0.1) is 37.6 Å². The molecule has 4 aromatic rings. The standard InChI is InChI=1S/C31H29N3O6/c1-37-29-15-20(2-4-25(29)31(36)34-11-7-22(35)18-34)28-16-26-30(40-28)24(6-10-33-26)19-3-5-27(21(14-19)17-32)39-23-8-12-38-13-9-23/h2-6,10,14-16,22-23,35H,7-9,11-13,18H2,1H3. The number of nitrogens with zero attached hydrogens (tertiary/aromatic N) is 3. The van der Waals surface area contributed by atoms with Crippen LogP contribution in [0.1, 0.15) is 35.2 Å². The smallest absolute Gasteiger partial charge is 0.257 e. The number of benzene rings is 2. The van der Waals surface area contributed by atoms with Gasteiger partial charge >= 0.3 is 0 Å². The number of carbonyl (C=O) groups excluding carboxylic acids is 1. The van der Waals surface area contributed by atoms with Crippen molar-refractivity contribution in [3.05, 3.63) is 65.9 Å². The van der Waals surface area contributed by atoms with E-state index in [1.54, 1.807) is 23.2 Å². The lowest BCUT2D eigenvalue weighted by atomic mass is 10.0. The highest BCUT2D eigenvalue weighted by Gasteiger charge is 2.27. The minimum atomic E-state index is -0.494. The van der Waals surface area contributed by atoms with Crippen LogP contribution in [0.5, 0.6) is 11.5 Å². The first kappa shape index (κ1) is 25.9. The second kappa shape index (κ2) is 11.0. The van der Waals surface area contributed by atoms with Gasteiger partial charge in [0.2, 0.25) is 0 Å². The third-order valence-electron chi connectivity index (χ3n) is 7.45. The molecular weight excluding hydrogens is 510 g/mol. The van der Waals surface area contributed by atoms with Crippen molar-refractivity contribution in [2.24, 2.45) is 0 Å². The molecule has 0 spiro atoms. The predicted molar refractivity (Wildman–Crippen MR) is 147 cm³/mol. The molecule has 2 aromatic carbocycles. The lowest BCUT2D eigenvalue weighted by Crippen LogP contribution is -2.29.